The van der Waals surface area contributed by atoms with E-state index in [1.165, 1.54) is 24.4 Å². The maximum Gasteiger partial charge on any atom is 0.179 e. The van der Waals surface area contributed by atoms with Crippen LogP contribution in [0.1, 0.15) is 19.8 Å². The maximum atomic E-state index is 14.4. The number of nitrogens with two attached hydrogens (primary N) is 2. The van der Waals surface area contributed by atoms with Crippen molar-refractivity contribution in [2.75, 3.05) is 30.8 Å². The summed E-state index contributed by atoms with van der Waals surface area (Å²) in [4.78, 5) is 16.8. The van der Waals surface area contributed by atoms with Gasteiger partial charge in [0.25, 0.3) is 0 Å². The Bertz CT molecular complexity index is 1040. The van der Waals surface area contributed by atoms with E-state index in [2.05, 4.69) is 21.9 Å². The summed E-state index contributed by atoms with van der Waals surface area (Å²) >= 11 is 0. The zero-order valence-corrected chi connectivity index (χ0v) is 22.0. The van der Waals surface area contributed by atoms with Crippen LogP contribution in [0, 0.1) is 11.7 Å². The van der Waals surface area contributed by atoms with Crippen molar-refractivity contribution in [3.8, 4) is 17.0 Å². The zero-order chi connectivity index (χ0) is 21.4. The average Bonchev–Trinajstić information content (AvgIpc) is 2.72. The highest BCUT2D eigenvalue weighted by Gasteiger charge is 2.29. The van der Waals surface area contributed by atoms with Gasteiger partial charge in [-0.1, -0.05) is 0 Å². The Balaban J connectivity index is 0.00000272. The standard InChI is InChI=1S/C21H26FN7O.4ClH/c1-12-10-29(21(24)27-18(12)13-4-3-9-28(2)11-13)20-16(30)6-5-15(26-20)14-7-8-25-19(23)17(14)22;;;;/h5-8,10,13,21,30H,3-4,9,11,24H2,1-2H3,(H2,23,25);4*1H. The van der Waals surface area contributed by atoms with Crippen LogP contribution in [0.3, 0.4) is 0 Å². The van der Waals surface area contributed by atoms with Crippen LogP contribution >= 0.6 is 49.6 Å². The smallest absolute Gasteiger partial charge is 0.179 e. The molecule has 0 aromatic carbocycles. The van der Waals surface area contributed by atoms with Crippen molar-refractivity contribution in [1.29, 1.82) is 0 Å². The Morgan fingerprint density at radius 3 is 2.53 bits per heavy atom. The number of allylic oxidation sites excluding steroid dienone is 1. The first-order chi connectivity index (χ1) is 14.3. The SMILES string of the molecule is CC1=CN(c2nc(-c3ccnc(N)c3F)ccc2O)C(N)N=C1C1CCCN(C)C1.Cl.Cl.Cl.Cl. The summed E-state index contributed by atoms with van der Waals surface area (Å²) in [6, 6.07) is 4.47. The van der Waals surface area contributed by atoms with Crippen molar-refractivity contribution in [2.24, 2.45) is 16.6 Å². The van der Waals surface area contributed by atoms with Crippen molar-refractivity contribution in [1.82, 2.24) is 14.9 Å². The third-order valence-corrected chi connectivity index (χ3v) is 5.60. The van der Waals surface area contributed by atoms with E-state index in [0.717, 1.165) is 37.2 Å². The molecule has 2 atom stereocenters. The van der Waals surface area contributed by atoms with Gasteiger partial charge in [0.05, 0.1) is 5.69 Å². The molecule has 13 heteroatoms. The molecular formula is C21H30Cl4FN7O. The minimum absolute atomic E-state index is 0. The van der Waals surface area contributed by atoms with Crippen LogP contribution in [-0.4, -0.2) is 52.1 Å². The monoisotopic (exact) mass is 555 g/mol. The predicted molar refractivity (Wildman–Crippen MR) is 144 cm³/mol. The van der Waals surface area contributed by atoms with Crippen LogP contribution < -0.4 is 16.4 Å². The van der Waals surface area contributed by atoms with Crippen molar-refractivity contribution in [3.05, 3.63) is 42.0 Å². The molecular weight excluding hydrogens is 527 g/mol. The van der Waals surface area contributed by atoms with Crippen molar-refractivity contribution < 1.29 is 9.50 Å². The number of aromatic hydroxyl groups is 1. The molecule has 5 N–H and O–H groups in total. The van der Waals surface area contributed by atoms with Crippen LogP contribution in [0.25, 0.3) is 11.3 Å². The van der Waals surface area contributed by atoms with E-state index < -0.39 is 12.1 Å². The Morgan fingerprint density at radius 2 is 1.85 bits per heavy atom. The fourth-order valence-electron chi connectivity index (χ4n) is 4.10. The zero-order valence-electron chi connectivity index (χ0n) is 18.7. The molecule has 2 aromatic rings. The van der Waals surface area contributed by atoms with Gasteiger partial charge in [-0.25, -0.2) is 19.4 Å². The van der Waals surface area contributed by atoms with Gasteiger partial charge < -0.3 is 15.7 Å². The lowest BCUT2D eigenvalue weighted by Gasteiger charge is -2.35. The molecule has 2 aliphatic rings. The number of aromatic nitrogens is 2. The fourth-order valence-corrected chi connectivity index (χ4v) is 4.10. The van der Waals surface area contributed by atoms with Gasteiger partial charge in [-0.3, -0.25) is 10.6 Å². The van der Waals surface area contributed by atoms with E-state index >= 15 is 0 Å². The Hall–Kier alpha value is -1.88. The number of anilines is 2. The summed E-state index contributed by atoms with van der Waals surface area (Å²) in [5, 5.41) is 10.4. The first-order valence-corrected chi connectivity index (χ1v) is 9.94. The summed E-state index contributed by atoms with van der Waals surface area (Å²) in [6.07, 6.45) is 4.72. The second-order valence-corrected chi connectivity index (χ2v) is 7.85. The number of pyridine rings is 2. The number of hydrogen-bond donors (Lipinski definition) is 3. The second-order valence-electron chi connectivity index (χ2n) is 7.85. The van der Waals surface area contributed by atoms with Gasteiger partial charge in [0, 0.05) is 36.1 Å². The highest BCUT2D eigenvalue weighted by Crippen LogP contribution is 2.34. The summed E-state index contributed by atoms with van der Waals surface area (Å²) in [5.41, 5.74) is 14.4. The van der Waals surface area contributed by atoms with E-state index in [9.17, 15) is 9.50 Å². The maximum absolute atomic E-state index is 14.4. The highest BCUT2D eigenvalue weighted by molar-refractivity contribution is 6.03. The lowest BCUT2D eigenvalue weighted by atomic mass is 9.89. The normalized spacial score (nSPS) is 19.9. The quantitative estimate of drug-likeness (QED) is 0.523. The summed E-state index contributed by atoms with van der Waals surface area (Å²) in [5.74, 6) is -0.400. The van der Waals surface area contributed by atoms with Crippen LogP contribution in [-0.2, 0) is 0 Å². The molecule has 190 valence electrons. The van der Waals surface area contributed by atoms with E-state index in [0.29, 0.717) is 11.6 Å². The minimum atomic E-state index is -0.739. The molecule has 0 aliphatic carbocycles. The van der Waals surface area contributed by atoms with Crippen molar-refractivity contribution >= 4 is 67.0 Å². The fraction of sp³-hybridized carbons (Fsp3) is 0.381. The van der Waals surface area contributed by atoms with Crippen LogP contribution in [0.5, 0.6) is 5.75 Å². The van der Waals surface area contributed by atoms with Gasteiger partial charge in [0.1, 0.15) is 0 Å². The molecule has 2 aliphatic heterocycles. The largest absolute Gasteiger partial charge is 0.504 e. The van der Waals surface area contributed by atoms with Gasteiger partial charge in [0.15, 0.2) is 29.5 Å². The van der Waals surface area contributed by atoms with E-state index in [4.69, 9.17) is 16.5 Å². The lowest BCUT2D eigenvalue weighted by molar-refractivity contribution is 0.246. The first kappa shape index (κ1) is 32.1. The first-order valence-electron chi connectivity index (χ1n) is 9.94. The summed E-state index contributed by atoms with van der Waals surface area (Å²) in [7, 11) is 2.11. The molecule has 0 radical (unpaired) electrons. The molecule has 1 fully saturated rings. The van der Waals surface area contributed by atoms with Gasteiger partial charge in [-0.15, -0.1) is 49.6 Å². The van der Waals surface area contributed by atoms with Gasteiger partial charge in [-0.05, 0) is 57.1 Å². The molecule has 34 heavy (non-hydrogen) atoms. The summed E-state index contributed by atoms with van der Waals surface area (Å²) < 4.78 is 14.4. The number of halogens is 5. The number of likely N-dealkylation sites (tertiary alicyclic amines) is 1. The number of piperidine rings is 1. The van der Waals surface area contributed by atoms with Crippen LogP contribution in [0.15, 0.2) is 41.2 Å². The molecule has 4 rings (SSSR count). The van der Waals surface area contributed by atoms with Gasteiger partial charge in [-0.2, -0.15) is 0 Å². The molecule has 2 unspecified atom stereocenters. The average molecular weight is 557 g/mol. The molecule has 0 spiro atoms. The van der Waals surface area contributed by atoms with Gasteiger partial charge in [0.2, 0.25) is 0 Å². The number of hydrogen-bond acceptors (Lipinski definition) is 8. The topological polar surface area (TPSA) is 117 Å². The predicted octanol–water partition coefficient (Wildman–Crippen LogP) is 4.01. The Morgan fingerprint density at radius 1 is 1.15 bits per heavy atom. The highest BCUT2D eigenvalue weighted by atomic mass is 35.5. The molecule has 8 nitrogen and oxygen atoms in total. The molecule has 4 heterocycles. The lowest BCUT2D eigenvalue weighted by Crippen LogP contribution is -2.44. The minimum Gasteiger partial charge on any atom is -0.504 e. The van der Waals surface area contributed by atoms with Gasteiger partial charge >= 0.3 is 0 Å². The summed E-state index contributed by atoms with van der Waals surface area (Å²) in [6.45, 7) is 4.01. The number of rotatable bonds is 3. The third kappa shape index (κ3) is 6.41. The molecule has 1 saturated heterocycles. The van der Waals surface area contributed by atoms with Crippen molar-refractivity contribution in [3.63, 3.8) is 0 Å². The number of aliphatic imine (C=N–C) groups is 1. The number of nitrogen functional groups attached to an aromatic ring is 1. The Kier molecular flexibility index (Phi) is 12.5. The third-order valence-electron chi connectivity index (χ3n) is 5.60. The molecule has 0 saturated carbocycles. The van der Waals surface area contributed by atoms with Crippen molar-refractivity contribution in [2.45, 2.75) is 26.1 Å². The van der Waals surface area contributed by atoms with E-state index in [1.807, 2.05) is 13.1 Å². The Labute approximate surface area is 223 Å². The molecule has 0 amide bonds. The molecule has 0 bridgehead atoms. The van der Waals surface area contributed by atoms with Crippen LogP contribution in [0.2, 0.25) is 0 Å². The van der Waals surface area contributed by atoms with E-state index in [1.54, 1.807) is 4.90 Å². The second kappa shape index (κ2) is 13.3. The molecule has 2 aromatic heterocycles. The number of nitrogens with zero attached hydrogens (tertiary/aromatic N) is 5. The van der Waals surface area contributed by atoms with Crippen LogP contribution in [0.4, 0.5) is 16.0 Å². The van der Waals surface area contributed by atoms with E-state index in [-0.39, 0.29) is 72.6 Å².